The zero-order valence-corrected chi connectivity index (χ0v) is 13.3. The van der Waals surface area contributed by atoms with Crippen molar-refractivity contribution in [3.05, 3.63) is 21.9 Å². The molecule has 0 spiro atoms. The van der Waals surface area contributed by atoms with Crippen molar-refractivity contribution >= 4 is 17.2 Å². The van der Waals surface area contributed by atoms with Gasteiger partial charge in [-0.25, -0.2) is 0 Å². The maximum Gasteiger partial charge on any atom is 0.263 e. The number of aliphatic hydroxyl groups is 1. The standard InChI is InChI=1S/C16H23NO2S/c1-4-13(3)12-17(5-2)16(19)15-10-9-14(20-15)8-6-7-11-18/h9-10,13,18H,4-5,7,11-12H2,1-3H3. The van der Waals surface area contributed by atoms with Crippen molar-refractivity contribution in [2.75, 3.05) is 19.7 Å². The average Bonchev–Trinajstić information content (AvgIpc) is 2.92. The number of amides is 1. The van der Waals surface area contributed by atoms with E-state index in [2.05, 4.69) is 25.7 Å². The first-order valence-electron chi connectivity index (χ1n) is 7.11. The Morgan fingerprint density at radius 3 is 2.80 bits per heavy atom. The lowest BCUT2D eigenvalue weighted by Gasteiger charge is -2.23. The Morgan fingerprint density at radius 2 is 2.20 bits per heavy atom. The minimum Gasteiger partial charge on any atom is -0.395 e. The van der Waals surface area contributed by atoms with Gasteiger partial charge >= 0.3 is 0 Å². The molecule has 110 valence electrons. The average molecular weight is 293 g/mol. The predicted octanol–water partition coefficient (Wildman–Crippen LogP) is 2.99. The minimum atomic E-state index is 0.0721. The Bertz CT molecular complexity index is 484. The van der Waals surface area contributed by atoms with Crippen molar-refractivity contribution in [1.82, 2.24) is 4.90 Å². The zero-order valence-electron chi connectivity index (χ0n) is 12.5. The second-order valence-electron chi connectivity index (χ2n) is 4.80. The summed E-state index contributed by atoms with van der Waals surface area (Å²) in [4.78, 5) is 15.9. The van der Waals surface area contributed by atoms with Crippen molar-refractivity contribution in [1.29, 1.82) is 0 Å². The maximum atomic E-state index is 12.4. The maximum absolute atomic E-state index is 12.4. The summed E-state index contributed by atoms with van der Waals surface area (Å²) in [6, 6.07) is 3.72. The quantitative estimate of drug-likeness (QED) is 0.819. The molecule has 1 aromatic heterocycles. The molecular weight excluding hydrogens is 270 g/mol. The van der Waals surface area contributed by atoms with Crippen molar-refractivity contribution in [2.24, 2.45) is 5.92 Å². The molecule has 0 radical (unpaired) electrons. The molecule has 20 heavy (non-hydrogen) atoms. The van der Waals surface area contributed by atoms with E-state index in [-0.39, 0.29) is 12.5 Å². The SMILES string of the molecule is CCC(C)CN(CC)C(=O)c1ccc(C#CCCO)s1. The number of nitrogens with zero attached hydrogens (tertiary/aromatic N) is 1. The van der Waals surface area contributed by atoms with Crippen LogP contribution in [0.3, 0.4) is 0 Å². The van der Waals surface area contributed by atoms with E-state index in [1.54, 1.807) is 0 Å². The van der Waals surface area contributed by atoms with Crippen LogP contribution in [-0.2, 0) is 0 Å². The fraction of sp³-hybridized carbons (Fsp3) is 0.562. The molecule has 1 heterocycles. The van der Waals surface area contributed by atoms with Gasteiger partial charge < -0.3 is 10.0 Å². The molecule has 0 aliphatic rings. The molecule has 1 N–H and O–H groups in total. The lowest BCUT2D eigenvalue weighted by atomic mass is 10.1. The van der Waals surface area contributed by atoms with Gasteiger partial charge in [0.25, 0.3) is 5.91 Å². The zero-order chi connectivity index (χ0) is 15.0. The molecule has 1 amide bonds. The van der Waals surface area contributed by atoms with Crippen molar-refractivity contribution < 1.29 is 9.90 Å². The summed E-state index contributed by atoms with van der Waals surface area (Å²) in [5.74, 6) is 6.45. The highest BCUT2D eigenvalue weighted by Crippen LogP contribution is 2.18. The van der Waals surface area contributed by atoms with Gasteiger partial charge in [-0.05, 0) is 25.0 Å². The van der Waals surface area contributed by atoms with Gasteiger partial charge in [0.15, 0.2) is 0 Å². The largest absolute Gasteiger partial charge is 0.395 e. The molecule has 0 aliphatic heterocycles. The number of hydrogen-bond donors (Lipinski definition) is 1. The van der Waals surface area contributed by atoms with Gasteiger partial charge in [-0.1, -0.05) is 32.1 Å². The number of carbonyl (C=O) groups is 1. The normalized spacial score (nSPS) is 11.6. The summed E-state index contributed by atoms with van der Waals surface area (Å²) in [6.45, 7) is 7.92. The Labute approximate surface area is 125 Å². The molecule has 1 aromatic rings. The predicted molar refractivity (Wildman–Crippen MR) is 83.9 cm³/mol. The molecule has 0 fully saturated rings. The molecule has 1 atom stereocenters. The third kappa shape index (κ3) is 4.99. The molecule has 0 aliphatic carbocycles. The van der Waals surface area contributed by atoms with E-state index < -0.39 is 0 Å². The van der Waals surface area contributed by atoms with E-state index in [4.69, 9.17) is 5.11 Å². The van der Waals surface area contributed by atoms with Crippen LogP contribution in [0.1, 0.15) is 48.2 Å². The smallest absolute Gasteiger partial charge is 0.263 e. The molecule has 1 unspecified atom stereocenters. The fourth-order valence-corrected chi connectivity index (χ4v) is 2.59. The third-order valence-electron chi connectivity index (χ3n) is 3.16. The van der Waals surface area contributed by atoms with Crippen LogP contribution in [0.5, 0.6) is 0 Å². The molecule has 0 bridgehead atoms. The van der Waals surface area contributed by atoms with Crippen LogP contribution >= 0.6 is 11.3 Å². The number of carbonyl (C=O) groups excluding carboxylic acids is 1. The molecule has 0 aromatic carbocycles. The van der Waals surface area contributed by atoms with Crippen molar-refractivity contribution in [2.45, 2.75) is 33.6 Å². The molecule has 1 rings (SSSR count). The topological polar surface area (TPSA) is 40.5 Å². The van der Waals surface area contributed by atoms with Crippen LogP contribution in [0.15, 0.2) is 12.1 Å². The highest BCUT2D eigenvalue weighted by Gasteiger charge is 2.17. The number of rotatable bonds is 6. The number of aliphatic hydroxyl groups excluding tert-OH is 1. The molecular formula is C16H23NO2S. The first kappa shape index (κ1) is 16.7. The van der Waals surface area contributed by atoms with Crippen LogP contribution in [0.4, 0.5) is 0 Å². The Balaban J connectivity index is 2.73. The Kier molecular flexibility index (Phi) is 7.35. The van der Waals surface area contributed by atoms with Gasteiger partial charge in [-0.15, -0.1) is 11.3 Å². The van der Waals surface area contributed by atoms with Crippen molar-refractivity contribution in [3.8, 4) is 11.8 Å². The number of thiophene rings is 1. The monoisotopic (exact) mass is 293 g/mol. The minimum absolute atomic E-state index is 0.0721. The van der Waals surface area contributed by atoms with E-state index in [0.29, 0.717) is 12.3 Å². The van der Waals surface area contributed by atoms with Crippen molar-refractivity contribution in [3.63, 3.8) is 0 Å². The lowest BCUT2D eigenvalue weighted by Crippen LogP contribution is -2.34. The van der Waals surface area contributed by atoms with Crippen LogP contribution in [-0.4, -0.2) is 35.6 Å². The summed E-state index contributed by atoms with van der Waals surface area (Å²) >= 11 is 1.42. The fourth-order valence-electron chi connectivity index (χ4n) is 1.74. The van der Waals surface area contributed by atoms with E-state index in [0.717, 1.165) is 29.3 Å². The van der Waals surface area contributed by atoms with Gasteiger partial charge in [0, 0.05) is 19.5 Å². The molecule has 0 saturated heterocycles. The summed E-state index contributed by atoms with van der Waals surface area (Å²) in [5, 5.41) is 8.69. The summed E-state index contributed by atoms with van der Waals surface area (Å²) in [5.41, 5.74) is 0. The molecule has 4 heteroatoms. The lowest BCUT2D eigenvalue weighted by molar-refractivity contribution is 0.0745. The summed E-state index contributed by atoms with van der Waals surface area (Å²) in [7, 11) is 0. The van der Waals surface area contributed by atoms with Gasteiger partial charge in [0.05, 0.1) is 16.4 Å². The van der Waals surface area contributed by atoms with E-state index in [1.807, 2.05) is 24.0 Å². The summed E-state index contributed by atoms with van der Waals surface area (Å²) in [6.07, 6.45) is 1.54. The first-order chi connectivity index (χ1) is 9.62. The second-order valence-corrected chi connectivity index (χ2v) is 5.88. The van der Waals surface area contributed by atoms with Gasteiger partial charge in [0.2, 0.25) is 0 Å². The van der Waals surface area contributed by atoms with Crippen LogP contribution in [0, 0.1) is 17.8 Å². The third-order valence-corrected chi connectivity index (χ3v) is 4.15. The summed E-state index contributed by atoms with van der Waals surface area (Å²) < 4.78 is 0. The van der Waals surface area contributed by atoms with E-state index >= 15 is 0 Å². The molecule has 0 saturated carbocycles. The van der Waals surface area contributed by atoms with Crippen LogP contribution in [0.2, 0.25) is 0 Å². The van der Waals surface area contributed by atoms with Gasteiger partial charge in [-0.3, -0.25) is 4.79 Å². The van der Waals surface area contributed by atoms with Crippen LogP contribution in [0.25, 0.3) is 0 Å². The first-order valence-corrected chi connectivity index (χ1v) is 7.92. The Morgan fingerprint density at radius 1 is 1.45 bits per heavy atom. The van der Waals surface area contributed by atoms with E-state index in [9.17, 15) is 4.79 Å². The van der Waals surface area contributed by atoms with Gasteiger partial charge in [-0.2, -0.15) is 0 Å². The second kappa shape index (κ2) is 8.78. The molecule has 3 nitrogen and oxygen atoms in total. The van der Waals surface area contributed by atoms with Gasteiger partial charge in [0.1, 0.15) is 0 Å². The van der Waals surface area contributed by atoms with Crippen LogP contribution < -0.4 is 0 Å². The highest BCUT2D eigenvalue weighted by atomic mass is 32.1. The number of hydrogen-bond acceptors (Lipinski definition) is 3. The Hall–Kier alpha value is -1.31. The van der Waals surface area contributed by atoms with E-state index in [1.165, 1.54) is 11.3 Å². The highest BCUT2D eigenvalue weighted by molar-refractivity contribution is 7.14.